The monoisotopic (exact) mass is 297 g/mol. The maximum absolute atomic E-state index is 12.4. The highest BCUT2D eigenvalue weighted by Gasteiger charge is 2.20. The summed E-state index contributed by atoms with van der Waals surface area (Å²) < 4.78 is 5.43. The predicted molar refractivity (Wildman–Crippen MR) is 85.2 cm³/mol. The molecule has 0 saturated heterocycles. The van der Waals surface area contributed by atoms with Crippen LogP contribution in [0.1, 0.15) is 11.1 Å². The summed E-state index contributed by atoms with van der Waals surface area (Å²) in [5.74, 6) is 1.48. The van der Waals surface area contributed by atoms with E-state index in [1.807, 2.05) is 29.2 Å². The minimum absolute atomic E-state index is 0.106. The number of benzene rings is 1. The van der Waals surface area contributed by atoms with Gasteiger partial charge in [0.25, 0.3) is 0 Å². The molecule has 3 rings (SSSR count). The number of hydrogen-bond acceptors (Lipinski definition) is 3. The quantitative estimate of drug-likeness (QED) is 0.927. The van der Waals surface area contributed by atoms with E-state index in [0.717, 1.165) is 18.6 Å². The second kappa shape index (κ2) is 6.47. The van der Waals surface area contributed by atoms with Crippen LogP contribution in [0, 0.1) is 0 Å². The van der Waals surface area contributed by atoms with E-state index < -0.39 is 0 Å². The van der Waals surface area contributed by atoms with Gasteiger partial charge in [-0.2, -0.15) is 0 Å². The zero-order valence-electron chi connectivity index (χ0n) is 12.6. The van der Waals surface area contributed by atoms with E-state index in [2.05, 4.69) is 16.4 Å². The first-order chi connectivity index (χ1) is 10.8. The van der Waals surface area contributed by atoms with Gasteiger partial charge in [-0.25, -0.2) is 9.78 Å². The lowest BCUT2D eigenvalue weighted by Crippen LogP contribution is -2.37. The molecule has 2 aromatic rings. The Hall–Kier alpha value is -2.56. The first-order valence-corrected chi connectivity index (χ1v) is 7.39. The zero-order valence-corrected chi connectivity index (χ0v) is 12.6. The average molecular weight is 297 g/mol. The molecule has 1 N–H and O–H groups in total. The second-order valence-corrected chi connectivity index (χ2v) is 5.23. The van der Waals surface area contributed by atoms with Crippen LogP contribution < -0.4 is 10.1 Å². The van der Waals surface area contributed by atoms with Gasteiger partial charge in [0, 0.05) is 19.3 Å². The fourth-order valence-electron chi connectivity index (χ4n) is 2.76. The van der Waals surface area contributed by atoms with Crippen LogP contribution >= 0.6 is 0 Å². The number of anilines is 1. The standard InChI is InChI=1S/C17H19N3O2/c1-22-15-6-4-5-13-8-11-20(12-9-14(13)15)17(21)19-16-7-2-3-10-18-16/h2-7,10H,8-9,11-12H2,1H3,(H,18,19,21). The summed E-state index contributed by atoms with van der Waals surface area (Å²) in [6.45, 7) is 1.37. The van der Waals surface area contributed by atoms with Gasteiger partial charge in [0.05, 0.1) is 7.11 Å². The zero-order chi connectivity index (χ0) is 15.4. The van der Waals surface area contributed by atoms with E-state index in [9.17, 15) is 4.79 Å². The summed E-state index contributed by atoms with van der Waals surface area (Å²) in [4.78, 5) is 18.3. The number of nitrogens with one attached hydrogen (secondary N) is 1. The number of methoxy groups -OCH3 is 1. The Kier molecular flexibility index (Phi) is 4.23. The van der Waals surface area contributed by atoms with Crippen LogP contribution in [0.15, 0.2) is 42.6 Å². The molecule has 22 heavy (non-hydrogen) atoms. The number of aromatic nitrogens is 1. The minimum Gasteiger partial charge on any atom is -0.496 e. The number of ether oxygens (including phenoxy) is 1. The number of hydrogen-bond donors (Lipinski definition) is 1. The highest BCUT2D eigenvalue weighted by Crippen LogP contribution is 2.25. The van der Waals surface area contributed by atoms with Crippen LogP contribution in [0.2, 0.25) is 0 Å². The van der Waals surface area contributed by atoms with E-state index in [1.165, 1.54) is 11.1 Å². The van der Waals surface area contributed by atoms with Crippen LogP contribution in [0.25, 0.3) is 0 Å². The summed E-state index contributed by atoms with van der Waals surface area (Å²) in [6, 6.07) is 11.4. The van der Waals surface area contributed by atoms with Gasteiger partial charge in [0.2, 0.25) is 0 Å². The van der Waals surface area contributed by atoms with E-state index in [1.54, 1.807) is 19.4 Å². The van der Waals surface area contributed by atoms with Gasteiger partial charge in [-0.15, -0.1) is 0 Å². The number of carbonyl (C=O) groups excluding carboxylic acids is 1. The van der Waals surface area contributed by atoms with Crippen molar-refractivity contribution >= 4 is 11.8 Å². The molecule has 1 aromatic heterocycles. The minimum atomic E-state index is -0.106. The normalized spacial score (nSPS) is 14.0. The number of rotatable bonds is 2. The van der Waals surface area contributed by atoms with Crippen molar-refractivity contribution in [3.8, 4) is 5.75 Å². The van der Waals surface area contributed by atoms with Crippen molar-refractivity contribution in [3.05, 3.63) is 53.7 Å². The van der Waals surface area contributed by atoms with E-state index in [-0.39, 0.29) is 6.03 Å². The summed E-state index contributed by atoms with van der Waals surface area (Å²) in [5.41, 5.74) is 2.46. The Morgan fingerprint density at radius 2 is 2.05 bits per heavy atom. The molecular formula is C17H19N3O2. The van der Waals surface area contributed by atoms with Gasteiger partial charge in [-0.1, -0.05) is 18.2 Å². The number of pyridine rings is 1. The molecule has 0 spiro atoms. The lowest BCUT2D eigenvalue weighted by molar-refractivity contribution is 0.214. The molecule has 2 heterocycles. The second-order valence-electron chi connectivity index (χ2n) is 5.23. The van der Waals surface area contributed by atoms with Gasteiger partial charge in [0.15, 0.2) is 0 Å². The third-order valence-electron chi connectivity index (χ3n) is 3.92. The number of urea groups is 1. The molecule has 0 radical (unpaired) electrons. The number of nitrogens with zero attached hydrogens (tertiary/aromatic N) is 2. The molecule has 2 amide bonds. The Labute approximate surface area is 129 Å². The summed E-state index contributed by atoms with van der Waals surface area (Å²) >= 11 is 0. The molecule has 0 aliphatic carbocycles. The molecule has 0 unspecified atom stereocenters. The topological polar surface area (TPSA) is 54.5 Å². The van der Waals surface area contributed by atoms with E-state index in [0.29, 0.717) is 18.9 Å². The Morgan fingerprint density at radius 3 is 2.82 bits per heavy atom. The largest absolute Gasteiger partial charge is 0.496 e. The highest BCUT2D eigenvalue weighted by atomic mass is 16.5. The number of fused-ring (bicyclic) bond motifs is 1. The predicted octanol–water partition coefficient (Wildman–Crippen LogP) is 2.72. The summed E-state index contributed by atoms with van der Waals surface area (Å²) in [7, 11) is 1.69. The molecule has 1 aromatic carbocycles. The molecule has 1 aliphatic heterocycles. The van der Waals surface area contributed by atoms with Gasteiger partial charge in [-0.05, 0) is 42.2 Å². The Balaban J connectivity index is 1.70. The van der Waals surface area contributed by atoms with Crippen LogP contribution in [0.4, 0.5) is 10.6 Å². The lowest BCUT2D eigenvalue weighted by atomic mass is 10.0. The summed E-state index contributed by atoms with van der Waals surface area (Å²) in [5, 5.41) is 2.84. The van der Waals surface area contributed by atoms with Crippen molar-refractivity contribution in [3.63, 3.8) is 0 Å². The Bertz CT molecular complexity index is 658. The molecule has 5 heteroatoms. The fraction of sp³-hybridized carbons (Fsp3) is 0.294. The Morgan fingerprint density at radius 1 is 1.18 bits per heavy atom. The van der Waals surface area contributed by atoms with E-state index >= 15 is 0 Å². The fourth-order valence-corrected chi connectivity index (χ4v) is 2.76. The SMILES string of the molecule is COc1cccc2c1CCN(C(=O)Nc1ccccn1)CC2. The van der Waals surface area contributed by atoms with Crippen LogP contribution in [-0.2, 0) is 12.8 Å². The highest BCUT2D eigenvalue weighted by molar-refractivity contribution is 5.88. The first-order valence-electron chi connectivity index (χ1n) is 7.39. The first kappa shape index (κ1) is 14.4. The molecule has 114 valence electrons. The van der Waals surface area contributed by atoms with Crippen molar-refractivity contribution in [2.24, 2.45) is 0 Å². The van der Waals surface area contributed by atoms with Crippen molar-refractivity contribution in [2.75, 3.05) is 25.5 Å². The van der Waals surface area contributed by atoms with Crippen molar-refractivity contribution in [1.82, 2.24) is 9.88 Å². The van der Waals surface area contributed by atoms with Crippen LogP contribution in [-0.4, -0.2) is 36.1 Å². The van der Waals surface area contributed by atoms with Crippen molar-refractivity contribution in [2.45, 2.75) is 12.8 Å². The smallest absolute Gasteiger partial charge is 0.323 e. The molecule has 5 nitrogen and oxygen atoms in total. The van der Waals surface area contributed by atoms with Gasteiger partial charge < -0.3 is 9.64 Å². The van der Waals surface area contributed by atoms with Gasteiger partial charge in [0.1, 0.15) is 11.6 Å². The third-order valence-corrected chi connectivity index (χ3v) is 3.92. The molecule has 0 atom stereocenters. The van der Waals surface area contributed by atoms with Crippen molar-refractivity contribution in [1.29, 1.82) is 0 Å². The molecular weight excluding hydrogens is 278 g/mol. The van der Waals surface area contributed by atoms with Gasteiger partial charge in [-0.3, -0.25) is 5.32 Å². The van der Waals surface area contributed by atoms with Crippen LogP contribution in [0.5, 0.6) is 5.75 Å². The summed E-state index contributed by atoms with van der Waals surface area (Å²) in [6.07, 6.45) is 3.30. The molecule has 0 bridgehead atoms. The van der Waals surface area contributed by atoms with Crippen molar-refractivity contribution < 1.29 is 9.53 Å². The maximum atomic E-state index is 12.4. The average Bonchev–Trinajstić information content (AvgIpc) is 2.78. The molecule has 1 aliphatic rings. The number of amides is 2. The number of carbonyl (C=O) groups is 1. The van der Waals surface area contributed by atoms with Crippen LogP contribution in [0.3, 0.4) is 0 Å². The third kappa shape index (κ3) is 3.03. The van der Waals surface area contributed by atoms with Gasteiger partial charge >= 0.3 is 6.03 Å². The lowest BCUT2D eigenvalue weighted by Gasteiger charge is -2.20. The molecule has 0 fully saturated rings. The van der Waals surface area contributed by atoms with E-state index in [4.69, 9.17) is 4.74 Å². The maximum Gasteiger partial charge on any atom is 0.323 e. The molecule has 0 saturated carbocycles.